The van der Waals surface area contributed by atoms with E-state index >= 15 is 0 Å². The van der Waals surface area contributed by atoms with Crippen molar-refractivity contribution in [2.75, 3.05) is 6.61 Å². The van der Waals surface area contributed by atoms with Gasteiger partial charge in [0.15, 0.2) is 5.78 Å². The fraction of sp³-hybridized carbons (Fsp3) is 0.632. The van der Waals surface area contributed by atoms with E-state index in [1.807, 2.05) is 6.92 Å². The van der Waals surface area contributed by atoms with Crippen molar-refractivity contribution in [1.29, 1.82) is 0 Å². The maximum absolute atomic E-state index is 13.0. The minimum Gasteiger partial charge on any atom is -0.367 e. The second kappa shape index (κ2) is 7.22. The van der Waals surface area contributed by atoms with Gasteiger partial charge in [0.1, 0.15) is 5.60 Å². The molecule has 1 saturated carbocycles. The van der Waals surface area contributed by atoms with Crippen LogP contribution in [0.2, 0.25) is 0 Å². The molecule has 2 heteroatoms. The number of carbonyl (C=O) groups is 1. The third-order valence-electron chi connectivity index (χ3n) is 4.70. The second-order valence-corrected chi connectivity index (χ2v) is 6.37. The van der Waals surface area contributed by atoms with Crippen LogP contribution in [0.3, 0.4) is 0 Å². The van der Waals surface area contributed by atoms with Crippen molar-refractivity contribution in [1.82, 2.24) is 0 Å². The number of rotatable bonds is 5. The van der Waals surface area contributed by atoms with Crippen molar-refractivity contribution in [3.05, 3.63) is 34.9 Å². The Labute approximate surface area is 128 Å². The molecule has 2 nitrogen and oxygen atoms in total. The number of hydrogen-bond donors (Lipinski definition) is 0. The zero-order valence-corrected chi connectivity index (χ0v) is 13.7. The molecule has 0 heterocycles. The number of Topliss-reactive ketones (excluding diaryl/α,β-unsaturated/α-hetero) is 1. The molecule has 0 aromatic heterocycles. The van der Waals surface area contributed by atoms with E-state index in [0.717, 1.165) is 31.2 Å². The molecule has 1 aliphatic carbocycles. The van der Waals surface area contributed by atoms with Crippen molar-refractivity contribution in [2.45, 2.75) is 71.3 Å². The van der Waals surface area contributed by atoms with Crippen LogP contribution in [0.5, 0.6) is 0 Å². The Kier molecular flexibility index (Phi) is 5.58. The first-order valence-electron chi connectivity index (χ1n) is 8.31. The predicted octanol–water partition coefficient (Wildman–Crippen LogP) is 4.54. The van der Waals surface area contributed by atoms with Crippen LogP contribution in [0.1, 0.15) is 62.1 Å². The molecule has 0 bridgehead atoms. The smallest absolute Gasteiger partial charge is 0.168 e. The van der Waals surface area contributed by atoms with Crippen molar-refractivity contribution < 1.29 is 9.53 Å². The highest BCUT2D eigenvalue weighted by molar-refractivity contribution is 5.89. The molecule has 2 rings (SSSR count). The fourth-order valence-electron chi connectivity index (χ4n) is 3.40. The molecule has 0 spiro atoms. The van der Waals surface area contributed by atoms with Gasteiger partial charge >= 0.3 is 0 Å². The summed E-state index contributed by atoms with van der Waals surface area (Å²) >= 11 is 0. The Morgan fingerprint density at radius 2 is 1.81 bits per heavy atom. The molecule has 0 aliphatic heterocycles. The number of ketones is 1. The molecule has 1 fully saturated rings. The molecule has 1 aromatic rings. The van der Waals surface area contributed by atoms with Gasteiger partial charge in [0, 0.05) is 13.0 Å². The van der Waals surface area contributed by atoms with E-state index in [9.17, 15) is 4.79 Å². The van der Waals surface area contributed by atoms with E-state index in [2.05, 4.69) is 32.0 Å². The molecule has 1 aliphatic rings. The van der Waals surface area contributed by atoms with Crippen LogP contribution in [-0.2, 0) is 16.0 Å². The third-order valence-corrected chi connectivity index (χ3v) is 4.70. The second-order valence-electron chi connectivity index (χ2n) is 6.37. The van der Waals surface area contributed by atoms with Crippen LogP contribution in [0.25, 0.3) is 0 Å². The largest absolute Gasteiger partial charge is 0.367 e. The molecular formula is C19H28O2. The lowest BCUT2D eigenvalue weighted by Gasteiger charge is -2.31. The summed E-state index contributed by atoms with van der Waals surface area (Å²) in [5.41, 5.74) is 3.05. The Balaban J connectivity index is 2.20. The van der Waals surface area contributed by atoms with Gasteiger partial charge < -0.3 is 4.74 Å². The average Bonchev–Trinajstić information content (AvgIpc) is 2.70. The molecular weight excluding hydrogens is 260 g/mol. The van der Waals surface area contributed by atoms with E-state index in [0.29, 0.717) is 13.0 Å². The molecule has 0 atom stereocenters. The third kappa shape index (κ3) is 3.94. The van der Waals surface area contributed by atoms with Crippen molar-refractivity contribution in [3.8, 4) is 0 Å². The SMILES string of the molecule is CCOC1(C(=O)Cc2cc(C)ccc2C)CCCCCC1. The van der Waals surface area contributed by atoms with Crippen LogP contribution < -0.4 is 0 Å². The van der Waals surface area contributed by atoms with Crippen LogP contribution in [-0.4, -0.2) is 18.0 Å². The molecule has 0 radical (unpaired) electrons. The normalized spacial score (nSPS) is 18.2. The molecule has 0 N–H and O–H groups in total. The first-order valence-corrected chi connectivity index (χ1v) is 8.31. The Morgan fingerprint density at radius 3 is 2.43 bits per heavy atom. The van der Waals surface area contributed by atoms with Crippen molar-refractivity contribution in [3.63, 3.8) is 0 Å². The summed E-state index contributed by atoms with van der Waals surface area (Å²) < 4.78 is 6.01. The maximum atomic E-state index is 13.0. The van der Waals surface area contributed by atoms with Crippen LogP contribution >= 0.6 is 0 Å². The Bertz CT molecular complexity index is 482. The number of hydrogen-bond acceptors (Lipinski definition) is 2. The van der Waals surface area contributed by atoms with Crippen LogP contribution in [0, 0.1) is 13.8 Å². The van der Waals surface area contributed by atoms with Gasteiger partial charge in [-0.05, 0) is 44.7 Å². The lowest BCUT2D eigenvalue weighted by Crippen LogP contribution is -2.42. The topological polar surface area (TPSA) is 26.3 Å². The number of carbonyl (C=O) groups excluding carboxylic acids is 1. The van der Waals surface area contributed by atoms with Gasteiger partial charge in [-0.3, -0.25) is 4.79 Å². The molecule has 116 valence electrons. The first kappa shape index (κ1) is 16.2. The van der Waals surface area contributed by atoms with Gasteiger partial charge in [-0.1, -0.05) is 49.4 Å². The van der Waals surface area contributed by atoms with E-state index in [4.69, 9.17) is 4.74 Å². The summed E-state index contributed by atoms with van der Waals surface area (Å²) in [7, 11) is 0. The van der Waals surface area contributed by atoms with Crippen molar-refractivity contribution >= 4 is 5.78 Å². The molecule has 0 amide bonds. The van der Waals surface area contributed by atoms with Gasteiger partial charge in [0.05, 0.1) is 0 Å². The maximum Gasteiger partial charge on any atom is 0.168 e. The van der Waals surface area contributed by atoms with Crippen molar-refractivity contribution in [2.24, 2.45) is 0 Å². The monoisotopic (exact) mass is 288 g/mol. The van der Waals surface area contributed by atoms with Gasteiger partial charge in [-0.15, -0.1) is 0 Å². The number of ether oxygens (including phenoxy) is 1. The zero-order chi connectivity index (χ0) is 15.3. The molecule has 21 heavy (non-hydrogen) atoms. The van der Waals surface area contributed by atoms with E-state index in [-0.39, 0.29) is 5.78 Å². The first-order chi connectivity index (χ1) is 10.1. The average molecular weight is 288 g/mol. The number of aryl methyl sites for hydroxylation is 2. The standard InChI is InChI=1S/C19H28O2/c1-4-21-19(11-7-5-6-8-12-19)18(20)14-17-13-15(2)9-10-16(17)3/h9-10,13H,4-8,11-12,14H2,1-3H3. The lowest BCUT2D eigenvalue weighted by atomic mass is 9.85. The summed E-state index contributed by atoms with van der Waals surface area (Å²) in [6.45, 7) is 6.79. The summed E-state index contributed by atoms with van der Waals surface area (Å²) in [4.78, 5) is 13.0. The Hall–Kier alpha value is -1.15. The highest BCUT2D eigenvalue weighted by Crippen LogP contribution is 2.32. The van der Waals surface area contributed by atoms with E-state index in [1.54, 1.807) is 0 Å². The van der Waals surface area contributed by atoms with E-state index in [1.165, 1.54) is 24.0 Å². The fourth-order valence-corrected chi connectivity index (χ4v) is 3.40. The summed E-state index contributed by atoms with van der Waals surface area (Å²) in [5.74, 6) is 0.278. The molecule has 0 saturated heterocycles. The summed E-state index contributed by atoms with van der Waals surface area (Å²) in [6.07, 6.45) is 6.97. The summed E-state index contributed by atoms with van der Waals surface area (Å²) in [6, 6.07) is 6.36. The highest BCUT2D eigenvalue weighted by atomic mass is 16.5. The van der Waals surface area contributed by atoms with Gasteiger partial charge in [-0.2, -0.15) is 0 Å². The minimum atomic E-state index is -0.526. The quantitative estimate of drug-likeness (QED) is 0.743. The Morgan fingerprint density at radius 1 is 1.14 bits per heavy atom. The van der Waals surface area contributed by atoms with Gasteiger partial charge in [-0.25, -0.2) is 0 Å². The minimum absolute atomic E-state index is 0.278. The zero-order valence-electron chi connectivity index (χ0n) is 13.7. The van der Waals surface area contributed by atoms with Gasteiger partial charge in [0.25, 0.3) is 0 Å². The van der Waals surface area contributed by atoms with E-state index < -0.39 is 5.60 Å². The predicted molar refractivity (Wildman–Crippen MR) is 86.7 cm³/mol. The van der Waals surface area contributed by atoms with Crippen LogP contribution in [0.4, 0.5) is 0 Å². The van der Waals surface area contributed by atoms with Gasteiger partial charge in [0.2, 0.25) is 0 Å². The molecule has 1 aromatic carbocycles. The lowest BCUT2D eigenvalue weighted by molar-refractivity contribution is -0.145. The molecule has 0 unspecified atom stereocenters. The number of benzene rings is 1. The highest BCUT2D eigenvalue weighted by Gasteiger charge is 2.38. The summed E-state index contributed by atoms with van der Waals surface area (Å²) in [5, 5.41) is 0. The van der Waals surface area contributed by atoms with Crippen LogP contribution in [0.15, 0.2) is 18.2 Å².